The van der Waals surface area contributed by atoms with Crippen LogP contribution in [0.4, 0.5) is 0 Å². The lowest BCUT2D eigenvalue weighted by Gasteiger charge is -2.08. The highest BCUT2D eigenvalue weighted by molar-refractivity contribution is 5.96. The molecule has 1 heterocycles. The highest BCUT2D eigenvalue weighted by Crippen LogP contribution is 2.29. The first-order valence-electron chi connectivity index (χ1n) is 8.68. The van der Waals surface area contributed by atoms with E-state index in [9.17, 15) is 0 Å². The van der Waals surface area contributed by atoms with Crippen LogP contribution in [0.5, 0.6) is 0 Å². The van der Waals surface area contributed by atoms with Gasteiger partial charge in [-0.3, -0.25) is 9.78 Å². The summed E-state index contributed by atoms with van der Waals surface area (Å²) in [7, 11) is 0. The van der Waals surface area contributed by atoms with Crippen molar-refractivity contribution >= 4 is 17.2 Å². The Labute approximate surface area is 154 Å². The average Bonchev–Trinajstić information content (AvgIpc) is 2.70. The Balaban J connectivity index is 0.000000615. The molecule has 0 aliphatic heterocycles. The summed E-state index contributed by atoms with van der Waals surface area (Å²) in [5.41, 5.74) is 4.25. The van der Waals surface area contributed by atoms with Gasteiger partial charge in [-0.2, -0.15) is 5.26 Å². The summed E-state index contributed by atoms with van der Waals surface area (Å²) in [6.07, 6.45) is 6.03. The van der Waals surface area contributed by atoms with Gasteiger partial charge in [-0.1, -0.05) is 57.5 Å². The smallest absolute Gasteiger partial charge is 0.290 e. The normalized spacial score (nSPS) is 9.15. The molecule has 134 valence electrons. The van der Waals surface area contributed by atoms with Crippen LogP contribution in [0.2, 0.25) is 0 Å². The molecule has 0 saturated carbocycles. The number of hydrogen-bond donors (Lipinski definition) is 1. The van der Waals surface area contributed by atoms with Crippen molar-refractivity contribution in [2.45, 2.75) is 33.6 Å². The van der Waals surface area contributed by atoms with Gasteiger partial charge in [0.25, 0.3) is 6.47 Å². The van der Waals surface area contributed by atoms with E-state index in [0.29, 0.717) is 5.56 Å². The van der Waals surface area contributed by atoms with Crippen LogP contribution >= 0.6 is 0 Å². The van der Waals surface area contributed by atoms with Crippen molar-refractivity contribution in [3.63, 3.8) is 0 Å². The lowest BCUT2D eigenvalue weighted by atomic mass is 9.97. The molecule has 0 bridgehead atoms. The number of nitriles is 1. The van der Waals surface area contributed by atoms with E-state index in [0.717, 1.165) is 29.4 Å². The van der Waals surface area contributed by atoms with Crippen LogP contribution < -0.4 is 0 Å². The number of carbonyl (C=O) groups is 1. The fraction of sp³-hybridized carbons (Fsp3) is 0.227. The zero-order valence-electron chi connectivity index (χ0n) is 15.4. The van der Waals surface area contributed by atoms with Gasteiger partial charge < -0.3 is 5.11 Å². The monoisotopic (exact) mass is 348 g/mol. The first kappa shape index (κ1) is 20.9. The molecule has 4 heteroatoms. The number of rotatable bonds is 3. The molecule has 0 unspecified atom stereocenters. The number of hydrogen-bond acceptors (Lipinski definition) is 3. The number of fused-ring (bicyclic) bond motifs is 1. The van der Waals surface area contributed by atoms with Crippen LogP contribution in [0, 0.1) is 11.3 Å². The molecule has 0 radical (unpaired) electrons. The molecule has 0 aliphatic carbocycles. The Morgan fingerprint density at radius 2 is 1.77 bits per heavy atom. The van der Waals surface area contributed by atoms with Crippen molar-refractivity contribution in [2.75, 3.05) is 0 Å². The number of benzene rings is 2. The predicted octanol–water partition coefficient (Wildman–Crippen LogP) is 5.45. The van der Waals surface area contributed by atoms with Gasteiger partial charge in [-0.15, -0.1) is 0 Å². The van der Waals surface area contributed by atoms with Gasteiger partial charge in [0.05, 0.1) is 11.6 Å². The molecule has 1 aromatic heterocycles. The van der Waals surface area contributed by atoms with Crippen LogP contribution in [0.1, 0.15) is 38.3 Å². The van der Waals surface area contributed by atoms with Crippen molar-refractivity contribution in [3.05, 3.63) is 66.0 Å². The molecule has 3 rings (SSSR count). The topological polar surface area (TPSA) is 74.0 Å². The quantitative estimate of drug-likeness (QED) is 0.638. The van der Waals surface area contributed by atoms with Gasteiger partial charge in [0.1, 0.15) is 0 Å². The summed E-state index contributed by atoms with van der Waals surface area (Å²) < 4.78 is 0. The molecule has 0 atom stereocenters. The first-order chi connectivity index (χ1) is 12.7. The Kier molecular flexibility index (Phi) is 9.13. The molecule has 4 nitrogen and oxygen atoms in total. The highest BCUT2D eigenvalue weighted by Gasteiger charge is 2.05. The zero-order chi connectivity index (χ0) is 19.4. The summed E-state index contributed by atoms with van der Waals surface area (Å²) in [4.78, 5) is 12.7. The van der Waals surface area contributed by atoms with E-state index in [1.54, 1.807) is 0 Å². The zero-order valence-corrected chi connectivity index (χ0v) is 15.4. The van der Waals surface area contributed by atoms with Gasteiger partial charge in [0.2, 0.25) is 0 Å². The molecule has 3 aromatic rings. The maximum Gasteiger partial charge on any atom is 0.290 e. The minimum Gasteiger partial charge on any atom is -0.483 e. The summed E-state index contributed by atoms with van der Waals surface area (Å²) in [6.45, 7) is 5.94. The largest absolute Gasteiger partial charge is 0.483 e. The van der Waals surface area contributed by atoms with E-state index < -0.39 is 0 Å². The van der Waals surface area contributed by atoms with Crippen molar-refractivity contribution in [2.24, 2.45) is 0 Å². The Morgan fingerprint density at radius 3 is 2.35 bits per heavy atom. The van der Waals surface area contributed by atoms with Crippen molar-refractivity contribution in [3.8, 4) is 17.2 Å². The molecule has 1 N–H and O–H groups in total. The van der Waals surface area contributed by atoms with Crippen molar-refractivity contribution in [1.82, 2.24) is 4.98 Å². The number of carboxylic acid groups (broad SMARTS) is 1. The maximum absolute atomic E-state index is 8.90. The standard InChI is InChI=1S/C19H16N2.C2H6.CH2O2/c1-2-3-14-4-9-17-12-21-13-19(18(17)10-14)16-7-5-15(11-20)6-8-16;1-2;2-1-3/h4-10,12-13H,2-3H2,1H3;1-2H3;1H,(H,2,3). The third-order valence-electron chi connectivity index (χ3n) is 3.69. The van der Waals surface area contributed by atoms with E-state index in [2.05, 4.69) is 36.2 Å². The maximum atomic E-state index is 8.90. The molecular formula is C22H24N2O2. The molecule has 0 aliphatic rings. The minimum atomic E-state index is -0.250. The summed E-state index contributed by atoms with van der Waals surface area (Å²) in [6, 6.07) is 16.4. The third-order valence-corrected chi connectivity index (χ3v) is 3.69. The van der Waals surface area contributed by atoms with Gasteiger partial charge in [0, 0.05) is 23.3 Å². The van der Waals surface area contributed by atoms with Crippen LogP contribution in [-0.4, -0.2) is 16.6 Å². The van der Waals surface area contributed by atoms with Gasteiger partial charge in [-0.05, 0) is 35.1 Å². The summed E-state index contributed by atoms with van der Waals surface area (Å²) >= 11 is 0. The second-order valence-electron chi connectivity index (χ2n) is 5.29. The lowest BCUT2D eigenvalue weighted by molar-refractivity contribution is -0.122. The molecule has 0 amide bonds. The number of pyridine rings is 1. The predicted molar refractivity (Wildman–Crippen MR) is 106 cm³/mol. The van der Waals surface area contributed by atoms with Crippen molar-refractivity contribution < 1.29 is 9.90 Å². The second-order valence-corrected chi connectivity index (χ2v) is 5.29. The van der Waals surface area contributed by atoms with Crippen molar-refractivity contribution in [1.29, 1.82) is 5.26 Å². The molecule has 26 heavy (non-hydrogen) atoms. The van der Waals surface area contributed by atoms with Gasteiger partial charge >= 0.3 is 0 Å². The van der Waals surface area contributed by atoms with Gasteiger partial charge in [0.15, 0.2) is 0 Å². The van der Waals surface area contributed by atoms with Crippen LogP contribution in [0.25, 0.3) is 21.9 Å². The van der Waals surface area contributed by atoms with Gasteiger partial charge in [-0.25, -0.2) is 0 Å². The van der Waals surface area contributed by atoms with E-state index in [-0.39, 0.29) is 6.47 Å². The van der Waals surface area contributed by atoms with E-state index in [1.165, 1.54) is 10.9 Å². The SMILES string of the molecule is CC.CCCc1ccc2cncc(-c3ccc(C#N)cc3)c2c1.O=CO. The minimum absolute atomic E-state index is 0.250. The van der Waals surface area contributed by atoms with E-state index >= 15 is 0 Å². The van der Waals surface area contributed by atoms with E-state index in [1.807, 2.05) is 50.5 Å². The molecule has 2 aromatic carbocycles. The average molecular weight is 348 g/mol. The second kappa shape index (κ2) is 11.4. The fourth-order valence-corrected chi connectivity index (χ4v) is 2.61. The fourth-order valence-electron chi connectivity index (χ4n) is 2.61. The number of aromatic nitrogens is 1. The van der Waals surface area contributed by atoms with Crippen LogP contribution in [0.15, 0.2) is 54.9 Å². The number of aryl methyl sites for hydroxylation is 1. The van der Waals surface area contributed by atoms with Crippen LogP contribution in [0.3, 0.4) is 0 Å². The summed E-state index contributed by atoms with van der Waals surface area (Å²) in [5.74, 6) is 0. The van der Waals surface area contributed by atoms with Crippen LogP contribution in [-0.2, 0) is 11.2 Å². The molecule has 0 spiro atoms. The summed E-state index contributed by atoms with van der Waals surface area (Å²) in [5, 5.41) is 18.2. The Bertz CT molecular complexity index is 865. The number of nitrogens with zero attached hydrogens (tertiary/aromatic N) is 2. The Hall–Kier alpha value is -3.19. The van der Waals surface area contributed by atoms with E-state index in [4.69, 9.17) is 15.2 Å². The Morgan fingerprint density at radius 1 is 1.12 bits per heavy atom. The molecule has 0 saturated heterocycles. The third kappa shape index (κ3) is 5.42. The first-order valence-corrected chi connectivity index (χ1v) is 8.68. The lowest BCUT2D eigenvalue weighted by Crippen LogP contribution is -1.88. The molecule has 0 fully saturated rings. The highest BCUT2D eigenvalue weighted by atomic mass is 16.3. The molecular weight excluding hydrogens is 324 g/mol.